The molecule has 0 saturated carbocycles. The van der Waals surface area contributed by atoms with Gasteiger partial charge < -0.3 is 4.42 Å². The van der Waals surface area contributed by atoms with Crippen molar-refractivity contribution in [2.45, 2.75) is 0 Å². The molecule has 0 amide bonds. The van der Waals surface area contributed by atoms with E-state index in [0.717, 1.165) is 0 Å². The molecule has 0 radical (unpaired) electrons. The maximum atomic E-state index is 9.91. The summed E-state index contributed by atoms with van der Waals surface area (Å²) in [7, 11) is 0. The van der Waals surface area contributed by atoms with Crippen LogP contribution < -0.4 is 0 Å². The highest BCUT2D eigenvalue weighted by molar-refractivity contribution is 6.26. The summed E-state index contributed by atoms with van der Waals surface area (Å²) in [5.74, 6) is 0. The molecule has 49 heavy (non-hydrogen) atoms. The highest BCUT2D eigenvalue weighted by Gasteiger charge is 2.21. The zero-order valence-corrected chi connectivity index (χ0v) is 25.4. The Morgan fingerprint density at radius 3 is 1.80 bits per heavy atom. The van der Waals surface area contributed by atoms with E-state index in [2.05, 4.69) is 0 Å². The van der Waals surface area contributed by atoms with Crippen LogP contribution in [0.5, 0.6) is 0 Å². The highest BCUT2D eigenvalue weighted by atomic mass is 16.3. The van der Waals surface area contributed by atoms with Crippen molar-refractivity contribution >= 4 is 54.3 Å². The zero-order valence-electron chi connectivity index (χ0n) is 42.4. The third kappa shape index (κ3) is 4.40. The lowest BCUT2D eigenvalue weighted by molar-refractivity contribution is 0.669. The van der Waals surface area contributed by atoms with E-state index in [1.54, 1.807) is 78.9 Å². The average molecular weight is 640 g/mol. The van der Waals surface area contributed by atoms with Crippen molar-refractivity contribution in [1.29, 1.82) is 0 Å². The Labute approximate surface area is 308 Å². The van der Waals surface area contributed by atoms with Crippen LogP contribution in [-0.2, 0) is 0 Å². The summed E-state index contributed by atoms with van der Waals surface area (Å²) < 4.78 is 159. The Kier molecular flexibility index (Phi) is 3.54. The van der Waals surface area contributed by atoms with Crippen molar-refractivity contribution in [3.63, 3.8) is 0 Å². The van der Waals surface area contributed by atoms with E-state index in [-0.39, 0.29) is 61.5 Å². The van der Waals surface area contributed by atoms with Gasteiger partial charge in [-0.1, -0.05) is 151 Å². The predicted molar refractivity (Wildman–Crippen MR) is 208 cm³/mol. The second kappa shape index (κ2) is 11.1. The summed E-state index contributed by atoms with van der Waals surface area (Å²) in [6.45, 7) is 0. The molecule has 0 saturated heterocycles. The van der Waals surface area contributed by atoms with E-state index >= 15 is 0 Å². The SMILES string of the molecule is [2H]c1c([2H])c([2H])c(-c2c([2H])c([2H])c3oc4c([2H])c([2H])c([2H])c(-c5c6ccccc6c(-c6c([2H])c(-c7ccccc7)c7c([2H])c([2H])c([2H])c([2H])c7c6[2H])c6ccccc56)c4c3c2[2H])c([2H])c1[2H]. The van der Waals surface area contributed by atoms with E-state index in [4.69, 9.17) is 22.2 Å². The molecule has 0 bridgehead atoms. The fraction of sp³-hybridized carbons (Fsp3) is 0. The van der Waals surface area contributed by atoms with Crippen LogP contribution in [0.25, 0.3) is 98.8 Å². The Hall–Kier alpha value is -6.44. The Morgan fingerprint density at radius 1 is 0.367 bits per heavy atom. The Morgan fingerprint density at radius 2 is 1.04 bits per heavy atom. The molecule has 9 aromatic carbocycles. The third-order valence-electron chi connectivity index (χ3n) is 8.75. The monoisotopic (exact) mass is 639 g/mol. The minimum atomic E-state index is -0.720. The summed E-state index contributed by atoms with van der Waals surface area (Å²) in [5.41, 5.74) is -0.263. The molecule has 0 aliphatic rings. The molecule has 0 unspecified atom stereocenters. The second-order valence-corrected chi connectivity index (χ2v) is 11.5. The second-order valence-electron chi connectivity index (χ2n) is 11.5. The van der Waals surface area contributed by atoms with Crippen LogP contribution in [0.4, 0.5) is 0 Å². The third-order valence-corrected chi connectivity index (χ3v) is 8.75. The molecule has 1 heterocycles. The molecular formula is C48H30O. The molecule has 1 nitrogen and oxygen atoms in total. The van der Waals surface area contributed by atoms with Crippen molar-refractivity contribution in [2.24, 2.45) is 0 Å². The van der Waals surface area contributed by atoms with Crippen molar-refractivity contribution < 1.29 is 27.7 Å². The van der Waals surface area contributed by atoms with Gasteiger partial charge in [0.2, 0.25) is 0 Å². The Balaban J connectivity index is 1.41. The number of benzene rings is 9. The van der Waals surface area contributed by atoms with E-state index in [1.807, 2.05) is 0 Å². The van der Waals surface area contributed by atoms with Gasteiger partial charge in [0.25, 0.3) is 0 Å². The minimum Gasteiger partial charge on any atom is -0.456 e. The van der Waals surface area contributed by atoms with Gasteiger partial charge in [-0.3, -0.25) is 0 Å². The van der Waals surface area contributed by atoms with Crippen molar-refractivity contribution in [2.75, 3.05) is 0 Å². The molecule has 10 rings (SSSR count). The summed E-state index contributed by atoms with van der Waals surface area (Å²) in [6, 6.07) is 13.1. The predicted octanol–water partition coefficient (Wildman–Crippen LogP) is 13.7. The maximum Gasteiger partial charge on any atom is 0.136 e. The minimum absolute atomic E-state index is 0.0153. The van der Waals surface area contributed by atoms with E-state index in [1.165, 1.54) is 0 Å². The summed E-state index contributed by atoms with van der Waals surface area (Å²) in [5, 5.41) is 1.32. The van der Waals surface area contributed by atoms with Crippen LogP contribution in [0, 0.1) is 0 Å². The molecular weight excluding hydrogens is 593 g/mol. The van der Waals surface area contributed by atoms with E-state index in [9.17, 15) is 5.48 Å². The molecule has 0 fully saturated rings. The van der Waals surface area contributed by atoms with Gasteiger partial charge in [-0.15, -0.1) is 0 Å². The molecule has 0 atom stereocenters. The number of furan rings is 1. The van der Waals surface area contributed by atoms with Crippen LogP contribution in [0.3, 0.4) is 0 Å². The molecule has 0 aliphatic heterocycles. The van der Waals surface area contributed by atoms with Gasteiger partial charge in [0, 0.05) is 10.8 Å². The molecule has 0 aliphatic carbocycles. The van der Waals surface area contributed by atoms with Crippen LogP contribution in [0.2, 0.25) is 0 Å². The van der Waals surface area contributed by atoms with Gasteiger partial charge >= 0.3 is 0 Å². The lowest BCUT2D eigenvalue weighted by Gasteiger charge is -2.19. The molecule has 0 N–H and O–H groups in total. The van der Waals surface area contributed by atoms with Crippen molar-refractivity contribution in [1.82, 2.24) is 0 Å². The van der Waals surface area contributed by atoms with Gasteiger partial charge in [0.1, 0.15) is 11.2 Å². The largest absolute Gasteiger partial charge is 0.456 e. The topological polar surface area (TPSA) is 13.1 Å². The normalized spacial score (nSPS) is 16.5. The first-order valence-electron chi connectivity index (χ1n) is 24.0. The maximum absolute atomic E-state index is 9.91. The van der Waals surface area contributed by atoms with Gasteiger partial charge in [-0.2, -0.15) is 0 Å². The fourth-order valence-corrected chi connectivity index (χ4v) is 6.69. The van der Waals surface area contributed by atoms with Crippen molar-refractivity contribution in [3.8, 4) is 44.5 Å². The van der Waals surface area contributed by atoms with E-state index in [0.29, 0.717) is 38.2 Å². The zero-order chi connectivity index (χ0) is 47.1. The number of hydrogen-bond acceptors (Lipinski definition) is 1. The smallest absolute Gasteiger partial charge is 0.136 e. The first-order chi connectivity index (χ1) is 31.4. The van der Waals surface area contributed by atoms with Crippen molar-refractivity contribution in [3.05, 3.63) is 182 Å². The first-order valence-corrected chi connectivity index (χ1v) is 15.5. The lowest BCUT2D eigenvalue weighted by atomic mass is 9.83. The fourth-order valence-electron chi connectivity index (χ4n) is 6.69. The average Bonchev–Trinajstić information content (AvgIpc) is 3.72. The summed E-state index contributed by atoms with van der Waals surface area (Å²) in [4.78, 5) is 0. The Bertz CT molecular complexity index is 3760. The molecule has 0 spiro atoms. The van der Waals surface area contributed by atoms with Gasteiger partial charge in [0.05, 0.1) is 23.3 Å². The molecule has 10 aromatic rings. The molecule has 228 valence electrons. The van der Waals surface area contributed by atoms with Crippen LogP contribution in [0.1, 0.15) is 23.3 Å². The quantitative estimate of drug-likeness (QED) is 0.175. The number of rotatable bonds is 4. The summed E-state index contributed by atoms with van der Waals surface area (Å²) in [6.07, 6.45) is 0. The van der Waals surface area contributed by atoms with Gasteiger partial charge in [-0.25, -0.2) is 0 Å². The highest BCUT2D eigenvalue weighted by Crippen LogP contribution is 2.48. The van der Waals surface area contributed by atoms with Crippen LogP contribution >= 0.6 is 0 Å². The van der Waals surface area contributed by atoms with E-state index < -0.39 is 102 Å². The van der Waals surface area contributed by atoms with Crippen LogP contribution in [-0.4, -0.2) is 0 Å². The lowest BCUT2D eigenvalue weighted by Crippen LogP contribution is -1.92. The molecule has 1 heteroatoms. The summed E-state index contributed by atoms with van der Waals surface area (Å²) >= 11 is 0. The molecule has 1 aromatic heterocycles. The number of fused-ring (bicyclic) bond motifs is 6. The van der Waals surface area contributed by atoms with Gasteiger partial charge in [-0.05, 0) is 107 Å². The van der Waals surface area contributed by atoms with Gasteiger partial charge in [0.15, 0.2) is 0 Å². The number of hydrogen-bond donors (Lipinski definition) is 0. The standard InChI is InChI=1S/C48H30O/c1-3-14-31(15-4-1)33-26-27-44-43(29-33)48-41(24-13-25-45(48)49-44)47-39-22-11-9-20-37(39)46(38-21-10-12-23-40(38)47)35-28-34-18-7-8-19-36(34)42(30-35)32-16-5-2-6-17-32/h1-30H/i1D,3D,4D,7D,8D,13D,14D,15D,18D,19D,24D,25D,26D,27D,28D,29D,30D. The first kappa shape index (κ1) is 15.6. The van der Waals surface area contributed by atoms with Crippen LogP contribution in [0.15, 0.2) is 186 Å².